The topological polar surface area (TPSA) is 82.5 Å². The maximum Gasteiger partial charge on any atom is 0.416 e. The minimum Gasteiger partial charge on any atom is -0.493 e. The minimum atomic E-state index is -4.53. The van der Waals surface area contributed by atoms with Crippen LogP contribution in [0.4, 0.5) is 13.2 Å². The molecule has 33 heavy (non-hydrogen) atoms. The summed E-state index contributed by atoms with van der Waals surface area (Å²) < 4.78 is 50.2. The van der Waals surface area contributed by atoms with E-state index in [1.54, 1.807) is 24.3 Å². The zero-order chi connectivity index (χ0) is 24.2. The summed E-state index contributed by atoms with van der Waals surface area (Å²) in [6.07, 6.45) is -3.41. The lowest BCUT2D eigenvalue weighted by molar-refractivity contribution is -0.141. The number of amides is 1. The van der Waals surface area contributed by atoms with Gasteiger partial charge in [-0.2, -0.15) is 18.3 Å². The zero-order valence-electron chi connectivity index (χ0n) is 17.5. The first kappa shape index (κ1) is 24.1. The Morgan fingerprint density at radius 3 is 2.45 bits per heavy atom. The van der Waals surface area contributed by atoms with E-state index in [9.17, 15) is 22.8 Å². The number of halogens is 4. The molecule has 1 atom stereocenters. The Hall–Kier alpha value is -3.53. The van der Waals surface area contributed by atoms with E-state index in [-0.39, 0.29) is 23.6 Å². The summed E-state index contributed by atoms with van der Waals surface area (Å²) >= 11 is 5.91. The molecular weight excluding hydrogens is 463 g/mol. The third kappa shape index (κ3) is 5.83. The van der Waals surface area contributed by atoms with Gasteiger partial charge in [-0.05, 0) is 35.9 Å². The van der Waals surface area contributed by atoms with Crippen molar-refractivity contribution in [1.29, 1.82) is 0 Å². The third-order valence-electron chi connectivity index (χ3n) is 4.73. The molecule has 0 bridgehead atoms. The number of rotatable bonds is 7. The Balaban J connectivity index is 1.91. The van der Waals surface area contributed by atoms with Crippen LogP contribution in [-0.4, -0.2) is 35.9 Å². The largest absolute Gasteiger partial charge is 0.493 e. The average Bonchev–Trinajstić information content (AvgIpc) is 3.23. The van der Waals surface area contributed by atoms with Gasteiger partial charge in [0, 0.05) is 5.02 Å². The number of hydrogen-bond donors (Lipinski definition) is 1. The van der Waals surface area contributed by atoms with E-state index in [0.29, 0.717) is 10.6 Å². The second-order valence-corrected chi connectivity index (χ2v) is 7.33. The maximum absolute atomic E-state index is 13.1. The zero-order valence-corrected chi connectivity index (χ0v) is 18.3. The van der Waals surface area contributed by atoms with Crippen LogP contribution in [0.3, 0.4) is 0 Å². The van der Waals surface area contributed by atoms with E-state index < -0.39 is 29.7 Å². The molecule has 0 fully saturated rings. The number of nitrogens with one attached hydrogen (secondary N) is 1. The molecule has 1 unspecified atom stereocenters. The Morgan fingerprint density at radius 1 is 1.15 bits per heavy atom. The van der Waals surface area contributed by atoms with Gasteiger partial charge in [0.05, 0.1) is 44.1 Å². The average molecular weight is 482 g/mol. The summed E-state index contributed by atoms with van der Waals surface area (Å²) in [5, 5.41) is 7.28. The molecule has 1 aromatic heterocycles. The molecule has 0 saturated heterocycles. The van der Waals surface area contributed by atoms with Crippen molar-refractivity contribution in [2.24, 2.45) is 0 Å². The number of carbonyl (C=O) groups excluding carboxylic acids is 2. The highest BCUT2D eigenvalue weighted by Gasteiger charge is 2.31. The van der Waals surface area contributed by atoms with Crippen molar-refractivity contribution in [3.05, 3.63) is 76.6 Å². The molecule has 1 amide bonds. The van der Waals surface area contributed by atoms with E-state index in [0.717, 1.165) is 16.8 Å². The molecule has 3 rings (SSSR count). The van der Waals surface area contributed by atoms with Crippen LogP contribution in [0.15, 0.2) is 54.7 Å². The quantitative estimate of drug-likeness (QED) is 0.499. The van der Waals surface area contributed by atoms with Crippen molar-refractivity contribution in [1.82, 2.24) is 15.1 Å². The van der Waals surface area contributed by atoms with Crippen LogP contribution in [0.2, 0.25) is 5.02 Å². The Morgan fingerprint density at radius 2 is 1.85 bits per heavy atom. The van der Waals surface area contributed by atoms with Crippen molar-refractivity contribution in [2.45, 2.75) is 18.6 Å². The number of hydrogen-bond acceptors (Lipinski definition) is 5. The number of benzene rings is 2. The van der Waals surface area contributed by atoms with Gasteiger partial charge in [0.2, 0.25) is 0 Å². The summed E-state index contributed by atoms with van der Waals surface area (Å²) in [4.78, 5) is 24.9. The predicted octanol–water partition coefficient (Wildman–Crippen LogP) is 4.59. The van der Waals surface area contributed by atoms with Crippen LogP contribution in [0.1, 0.15) is 34.1 Å². The van der Waals surface area contributed by atoms with Crippen LogP contribution >= 0.6 is 11.6 Å². The van der Waals surface area contributed by atoms with Crippen molar-refractivity contribution < 1.29 is 32.2 Å². The summed E-state index contributed by atoms with van der Waals surface area (Å²) in [7, 11) is 2.53. The molecule has 0 aliphatic rings. The first-order valence-corrected chi connectivity index (χ1v) is 9.94. The van der Waals surface area contributed by atoms with Crippen LogP contribution in [-0.2, 0) is 15.7 Å². The molecule has 0 spiro atoms. The van der Waals surface area contributed by atoms with Crippen LogP contribution in [0.5, 0.6) is 5.75 Å². The van der Waals surface area contributed by atoms with Crippen LogP contribution in [0.25, 0.3) is 5.69 Å². The molecule has 2 aromatic carbocycles. The van der Waals surface area contributed by atoms with Gasteiger partial charge >= 0.3 is 12.1 Å². The van der Waals surface area contributed by atoms with Crippen molar-refractivity contribution in [3.8, 4) is 11.4 Å². The van der Waals surface area contributed by atoms with E-state index >= 15 is 0 Å². The molecule has 1 N–H and O–H groups in total. The molecular formula is C22H19ClF3N3O4. The van der Waals surface area contributed by atoms with Gasteiger partial charge < -0.3 is 14.8 Å². The SMILES string of the molecule is COC(=O)CC(NC(=O)c1nn(-c2cccc(C(F)(F)F)c2)cc1OC)c1ccc(Cl)cc1. The van der Waals surface area contributed by atoms with Gasteiger partial charge in [-0.3, -0.25) is 9.59 Å². The summed E-state index contributed by atoms with van der Waals surface area (Å²) in [5.74, 6) is -1.21. The van der Waals surface area contributed by atoms with Gasteiger partial charge in [-0.1, -0.05) is 29.8 Å². The highest BCUT2D eigenvalue weighted by atomic mass is 35.5. The van der Waals surface area contributed by atoms with E-state index in [1.807, 2.05) is 0 Å². The molecule has 0 aliphatic heterocycles. The Bertz CT molecular complexity index is 1150. The predicted molar refractivity (Wildman–Crippen MR) is 113 cm³/mol. The lowest BCUT2D eigenvalue weighted by Crippen LogP contribution is -2.31. The van der Waals surface area contributed by atoms with E-state index in [1.165, 1.54) is 32.5 Å². The number of carbonyl (C=O) groups is 2. The summed E-state index contributed by atoms with van der Waals surface area (Å²) in [6.45, 7) is 0. The fourth-order valence-corrected chi connectivity index (χ4v) is 3.17. The first-order valence-electron chi connectivity index (χ1n) is 9.56. The molecule has 11 heteroatoms. The normalized spacial score (nSPS) is 12.2. The molecule has 1 heterocycles. The van der Waals surface area contributed by atoms with Gasteiger partial charge in [0.15, 0.2) is 11.4 Å². The van der Waals surface area contributed by atoms with E-state index in [2.05, 4.69) is 10.4 Å². The number of esters is 1. The molecule has 7 nitrogen and oxygen atoms in total. The Labute approximate surface area is 192 Å². The number of methoxy groups -OCH3 is 2. The monoisotopic (exact) mass is 481 g/mol. The molecule has 0 saturated carbocycles. The molecule has 174 valence electrons. The maximum atomic E-state index is 13.1. The summed E-state index contributed by atoms with van der Waals surface area (Å²) in [5.41, 5.74) is -0.347. The Kier molecular flexibility index (Phi) is 7.27. The minimum absolute atomic E-state index is 0.0397. The van der Waals surface area contributed by atoms with Gasteiger partial charge in [0.1, 0.15) is 0 Å². The lowest BCUT2D eigenvalue weighted by atomic mass is 10.0. The van der Waals surface area contributed by atoms with Gasteiger partial charge in [0.25, 0.3) is 5.91 Å². The van der Waals surface area contributed by atoms with Gasteiger partial charge in [-0.15, -0.1) is 0 Å². The molecule has 0 aliphatic carbocycles. The van der Waals surface area contributed by atoms with Crippen LogP contribution < -0.4 is 10.1 Å². The van der Waals surface area contributed by atoms with E-state index in [4.69, 9.17) is 21.1 Å². The second kappa shape index (κ2) is 9.95. The summed E-state index contributed by atoms with van der Waals surface area (Å²) in [6, 6.07) is 10.2. The standard InChI is InChI=1S/C22H19ClF3N3O4/c1-32-18-12-29(16-5-3-4-14(10-16)22(24,25)26)28-20(18)21(31)27-17(11-19(30)33-2)13-6-8-15(23)9-7-13/h3-10,12,17H,11H2,1-2H3,(H,27,31). The third-order valence-corrected chi connectivity index (χ3v) is 4.98. The molecule has 3 aromatic rings. The fourth-order valence-electron chi connectivity index (χ4n) is 3.05. The number of ether oxygens (including phenoxy) is 2. The number of nitrogens with zero attached hydrogens (tertiary/aromatic N) is 2. The fraction of sp³-hybridized carbons (Fsp3) is 0.227. The smallest absolute Gasteiger partial charge is 0.416 e. The lowest BCUT2D eigenvalue weighted by Gasteiger charge is -2.18. The highest BCUT2D eigenvalue weighted by molar-refractivity contribution is 6.30. The van der Waals surface area contributed by atoms with Crippen molar-refractivity contribution in [3.63, 3.8) is 0 Å². The highest BCUT2D eigenvalue weighted by Crippen LogP contribution is 2.31. The second-order valence-electron chi connectivity index (χ2n) is 6.90. The van der Waals surface area contributed by atoms with Crippen molar-refractivity contribution in [2.75, 3.05) is 14.2 Å². The van der Waals surface area contributed by atoms with Crippen LogP contribution in [0, 0.1) is 0 Å². The molecule has 0 radical (unpaired) electrons. The van der Waals surface area contributed by atoms with Crippen molar-refractivity contribution >= 4 is 23.5 Å². The first-order chi connectivity index (χ1) is 15.6. The number of alkyl halides is 3. The van der Waals surface area contributed by atoms with Gasteiger partial charge in [-0.25, -0.2) is 4.68 Å². The number of aromatic nitrogens is 2.